The minimum atomic E-state index is -3.29. The van der Waals surface area contributed by atoms with E-state index in [1.54, 1.807) is 36.4 Å². The molecule has 1 aliphatic rings. The van der Waals surface area contributed by atoms with Crippen molar-refractivity contribution in [1.29, 1.82) is 0 Å². The molecule has 10 heteroatoms. The van der Waals surface area contributed by atoms with Gasteiger partial charge < -0.3 is 15.0 Å². The van der Waals surface area contributed by atoms with Crippen molar-refractivity contribution >= 4 is 27.5 Å². The highest BCUT2D eigenvalue weighted by Gasteiger charge is 2.26. The van der Waals surface area contributed by atoms with Crippen LogP contribution in [0.1, 0.15) is 81.9 Å². The fraction of sp³-hybridized carbons (Fsp3) is 0.444. The molecule has 0 bridgehead atoms. The first-order valence-electron chi connectivity index (χ1n) is 15.9. The Hall–Kier alpha value is -3.76. The van der Waals surface area contributed by atoms with E-state index in [1.165, 1.54) is 12.3 Å². The lowest BCUT2D eigenvalue weighted by Crippen LogP contribution is -2.46. The normalized spacial score (nSPS) is 16.0. The molecule has 2 atom stereocenters. The lowest BCUT2D eigenvalue weighted by Gasteiger charge is -2.34. The topological polar surface area (TPSA) is 105 Å². The summed E-state index contributed by atoms with van der Waals surface area (Å²) in [4.78, 5) is 28.0. The van der Waals surface area contributed by atoms with Gasteiger partial charge in [-0.05, 0) is 106 Å². The number of halogens is 1. The molecule has 1 heterocycles. The summed E-state index contributed by atoms with van der Waals surface area (Å²) in [5.74, 6) is -0.699. The highest BCUT2D eigenvalue weighted by atomic mass is 32.2. The molecule has 0 saturated carbocycles. The van der Waals surface area contributed by atoms with Crippen LogP contribution in [0.2, 0.25) is 0 Å². The molecular weight excluding hydrogens is 605 g/mol. The summed E-state index contributed by atoms with van der Waals surface area (Å²) in [5.41, 5.74) is 2.75. The number of piperidine rings is 1. The average molecular weight is 652 g/mol. The van der Waals surface area contributed by atoms with Crippen LogP contribution >= 0.6 is 0 Å². The van der Waals surface area contributed by atoms with Crippen molar-refractivity contribution in [2.75, 3.05) is 31.2 Å². The lowest BCUT2D eigenvalue weighted by molar-refractivity contribution is -0.123. The third-order valence-corrected chi connectivity index (χ3v) is 9.44. The SMILES string of the molecule is CCC(C(=O)NC1CCN(CCC(c2ccc(NC(=O)OC(C)(C)C)cc2)c2cccc(F)c2)CC1)c1ccc(S(C)(=O)=O)cc1. The van der Waals surface area contributed by atoms with Gasteiger partial charge in [-0.15, -0.1) is 0 Å². The molecule has 0 spiro atoms. The predicted molar refractivity (Wildman–Crippen MR) is 179 cm³/mol. The van der Waals surface area contributed by atoms with E-state index in [9.17, 15) is 22.4 Å². The van der Waals surface area contributed by atoms with Crippen molar-refractivity contribution in [3.8, 4) is 0 Å². The summed E-state index contributed by atoms with van der Waals surface area (Å²) in [7, 11) is -3.29. The molecule has 4 rings (SSSR count). The largest absolute Gasteiger partial charge is 0.444 e. The predicted octanol–water partition coefficient (Wildman–Crippen LogP) is 6.87. The van der Waals surface area contributed by atoms with E-state index in [1.807, 2.05) is 58.0 Å². The Morgan fingerprint density at radius 2 is 1.59 bits per heavy atom. The lowest BCUT2D eigenvalue weighted by atomic mass is 9.88. The molecule has 2 unspecified atom stereocenters. The minimum Gasteiger partial charge on any atom is -0.444 e. The fourth-order valence-corrected chi connectivity index (χ4v) is 6.53. The number of amides is 2. The Balaban J connectivity index is 1.34. The molecule has 3 aromatic rings. The Labute approximate surface area is 272 Å². The van der Waals surface area contributed by atoms with E-state index in [-0.39, 0.29) is 34.5 Å². The van der Waals surface area contributed by atoms with Gasteiger partial charge in [-0.1, -0.05) is 43.3 Å². The first kappa shape index (κ1) is 35.1. The van der Waals surface area contributed by atoms with E-state index < -0.39 is 21.5 Å². The van der Waals surface area contributed by atoms with Crippen LogP contribution in [0.4, 0.5) is 14.9 Å². The van der Waals surface area contributed by atoms with Crippen LogP contribution in [0.25, 0.3) is 0 Å². The summed E-state index contributed by atoms with van der Waals surface area (Å²) in [5, 5.41) is 5.98. The Morgan fingerprint density at radius 3 is 2.15 bits per heavy atom. The molecule has 1 saturated heterocycles. The van der Waals surface area contributed by atoms with Crippen LogP contribution in [-0.4, -0.2) is 62.9 Å². The van der Waals surface area contributed by atoms with Crippen molar-refractivity contribution in [2.24, 2.45) is 0 Å². The maximum Gasteiger partial charge on any atom is 0.412 e. The number of hydrogen-bond acceptors (Lipinski definition) is 6. The minimum absolute atomic E-state index is 0.0381. The summed E-state index contributed by atoms with van der Waals surface area (Å²) in [6, 6.07) is 20.9. The van der Waals surface area contributed by atoms with Crippen molar-refractivity contribution in [3.05, 3.63) is 95.3 Å². The molecule has 0 radical (unpaired) electrons. The molecule has 0 aliphatic carbocycles. The fourth-order valence-electron chi connectivity index (χ4n) is 5.90. The van der Waals surface area contributed by atoms with E-state index in [0.29, 0.717) is 12.1 Å². The van der Waals surface area contributed by atoms with Gasteiger partial charge in [0.05, 0.1) is 10.8 Å². The summed E-state index contributed by atoms with van der Waals surface area (Å²) in [6.07, 6.45) is 3.69. The molecule has 248 valence electrons. The zero-order valence-electron chi connectivity index (χ0n) is 27.4. The molecule has 3 aromatic carbocycles. The maximum atomic E-state index is 14.3. The van der Waals surface area contributed by atoms with E-state index >= 15 is 0 Å². The van der Waals surface area contributed by atoms with Crippen LogP contribution in [0, 0.1) is 5.82 Å². The monoisotopic (exact) mass is 651 g/mol. The average Bonchev–Trinajstić information content (AvgIpc) is 2.98. The number of benzene rings is 3. The van der Waals surface area contributed by atoms with Gasteiger partial charge in [-0.3, -0.25) is 10.1 Å². The van der Waals surface area contributed by atoms with E-state index in [4.69, 9.17) is 4.74 Å². The van der Waals surface area contributed by atoms with Gasteiger partial charge in [0.2, 0.25) is 5.91 Å². The van der Waals surface area contributed by atoms with Gasteiger partial charge in [0.1, 0.15) is 11.4 Å². The Bertz CT molecular complexity index is 1580. The summed E-state index contributed by atoms with van der Waals surface area (Å²) in [6.45, 7) is 9.87. The van der Waals surface area contributed by atoms with Crippen LogP contribution in [0.3, 0.4) is 0 Å². The van der Waals surface area contributed by atoms with Gasteiger partial charge in [0.25, 0.3) is 0 Å². The number of sulfone groups is 1. The second-order valence-corrected chi connectivity index (χ2v) is 15.1. The number of carbonyl (C=O) groups is 2. The summed E-state index contributed by atoms with van der Waals surface area (Å²) >= 11 is 0. The number of anilines is 1. The third-order valence-electron chi connectivity index (χ3n) is 8.31. The van der Waals surface area contributed by atoms with Gasteiger partial charge in [0, 0.05) is 37.0 Å². The van der Waals surface area contributed by atoms with Crippen molar-refractivity contribution in [3.63, 3.8) is 0 Å². The number of carbonyl (C=O) groups excluding carboxylic acids is 2. The molecular formula is C36H46FN3O5S. The number of nitrogens with zero attached hydrogens (tertiary/aromatic N) is 1. The van der Waals surface area contributed by atoms with Crippen LogP contribution in [0.5, 0.6) is 0 Å². The van der Waals surface area contributed by atoms with Crippen molar-refractivity contribution < 1.29 is 27.1 Å². The molecule has 2 N–H and O–H groups in total. The van der Waals surface area contributed by atoms with Crippen LogP contribution < -0.4 is 10.6 Å². The molecule has 46 heavy (non-hydrogen) atoms. The second kappa shape index (κ2) is 15.2. The first-order valence-corrected chi connectivity index (χ1v) is 17.8. The smallest absolute Gasteiger partial charge is 0.412 e. The summed E-state index contributed by atoms with van der Waals surface area (Å²) < 4.78 is 43.2. The molecule has 8 nitrogen and oxygen atoms in total. The van der Waals surface area contributed by atoms with Crippen molar-refractivity contribution in [1.82, 2.24) is 10.2 Å². The molecule has 2 amide bonds. The number of ether oxygens (including phenoxy) is 1. The van der Waals surface area contributed by atoms with Crippen LogP contribution in [0.15, 0.2) is 77.7 Å². The number of likely N-dealkylation sites (tertiary alicyclic amines) is 1. The van der Waals surface area contributed by atoms with Gasteiger partial charge in [-0.2, -0.15) is 0 Å². The van der Waals surface area contributed by atoms with E-state index in [0.717, 1.165) is 55.6 Å². The standard InChI is InChI=1S/C36H46FN3O5S/c1-6-32(25-12-16-31(17-13-25)46(5,43)44)34(41)38-30-18-21-40(22-19-30)23-20-33(27-8-7-9-28(37)24-27)26-10-14-29(15-11-26)39-35(42)45-36(2,3)4/h7-17,24,30,32-33H,6,18-23H2,1-5H3,(H,38,41)(H,39,42). The first-order chi connectivity index (χ1) is 21.7. The van der Waals surface area contributed by atoms with Gasteiger partial charge in [-0.25, -0.2) is 17.6 Å². The Morgan fingerprint density at radius 1 is 0.957 bits per heavy atom. The van der Waals surface area contributed by atoms with Crippen LogP contribution in [-0.2, 0) is 19.4 Å². The third kappa shape index (κ3) is 10.1. The maximum absolute atomic E-state index is 14.3. The van der Waals surface area contributed by atoms with Gasteiger partial charge >= 0.3 is 6.09 Å². The highest BCUT2D eigenvalue weighted by Crippen LogP contribution is 2.31. The second-order valence-electron chi connectivity index (χ2n) is 13.1. The number of nitrogens with one attached hydrogen (secondary N) is 2. The number of hydrogen-bond donors (Lipinski definition) is 2. The van der Waals surface area contributed by atoms with E-state index in [2.05, 4.69) is 15.5 Å². The molecule has 0 aromatic heterocycles. The highest BCUT2D eigenvalue weighted by molar-refractivity contribution is 7.90. The Kier molecular flexibility index (Phi) is 11.6. The van der Waals surface area contributed by atoms with Gasteiger partial charge in [0.15, 0.2) is 9.84 Å². The number of rotatable bonds is 11. The quantitative estimate of drug-likeness (QED) is 0.235. The molecule has 1 fully saturated rings. The zero-order valence-corrected chi connectivity index (χ0v) is 28.2. The molecule has 1 aliphatic heterocycles. The zero-order chi connectivity index (χ0) is 33.5. The van der Waals surface area contributed by atoms with Crippen molar-refractivity contribution in [2.45, 2.75) is 81.8 Å².